The number of rotatable bonds is 1. The van der Waals surface area contributed by atoms with Gasteiger partial charge in [-0.2, -0.15) is 0 Å². The molecule has 0 radical (unpaired) electrons. The molecule has 1 aliphatic heterocycles. The van der Waals surface area contributed by atoms with Crippen LogP contribution in [0.3, 0.4) is 0 Å². The number of carbonyl (C=O) groups is 1. The lowest BCUT2D eigenvalue weighted by molar-refractivity contribution is -0.130. The molecule has 2 nitrogen and oxygen atoms in total. The molecular formula is C19H29NO. The third kappa shape index (κ3) is 2.95. The summed E-state index contributed by atoms with van der Waals surface area (Å²) in [5, 5.41) is 0. The van der Waals surface area contributed by atoms with Crippen molar-refractivity contribution in [2.45, 2.75) is 71.6 Å². The van der Waals surface area contributed by atoms with Crippen LogP contribution in [0.5, 0.6) is 0 Å². The van der Waals surface area contributed by atoms with Crippen LogP contribution in [0, 0.1) is 11.8 Å². The topological polar surface area (TPSA) is 20.3 Å². The third-order valence-electron chi connectivity index (χ3n) is 5.69. The standard InChI is InChI=1S/C19H29NO/c1-3-19(21)20-13-16-9-5-4-8-15(16)12-14(2)17-10-6-7-11-18(17)20/h12,15-16H,3-11,13H2,1-2H3/b14-12-. The fraction of sp³-hybridized carbons (Fsp3) is 0.737. The maximum Gasteiger partial charge on any atom is 0.226 e. The molecule has 1 fully saturated rings. The maximum atomic E-state index is 12.5. The summed E-state index contributed by atoms with van der Waals surface area (Å²) >= 11 is 0. The number of fused-ring (bicyclic) bond motifs is 1. The fourth-order valence-electron chi connectivity index (χ4n) is 4.50. The second-order valence-electron chi connectivity index (χ2n) is 7.05. The van der Waals surface area contributed by atoms with Gasteiger partial charge in [0.1, 0.15) is 0 Å². The zero-order chi connectivity index (χ0) is 14.8. The van der Waals surface area contributed by atoms with Crippen molar-refractivity contribution in [1.29, 1.82) is 0 Å². The van der Waals surface area contributed by atoms with Gasteiger partial charge in [-0.25, -0.2) is 0 Å². The summed E-state index contributed by atoms with van der Waals surface area (Å²) in [7, 11) is 0. The van der Waals surface area contributed by atoms with Crippen LogP contribution in [0.25, 0.3) is 0 Å². The van der Waals surface area contributed by atoms with E-state index in [0.717, 1.165) is 13.0 Å². The first-order valence-corrected chi connectivity index (χ1v) is 8.92. The van der Waals surface area contributed by atoms with Crippen LogP contribution in [-0.4, -0.2) is 17.4 Å². The average Bonchev–Trinajstić information content (AvgIpc) is 2.52. The molecule has 2 atom stereocenters. The predicted octanol–water partition coefficient (Wildman–Crippen LogP) is 4.82. The SMILES string of the molecule is CCC(=O)N1CC2CCCCC2/C=C(/C)C2=C1CCCC2. The predicted molar refractivity (Wildman–Crippen MR) is 86.7 cm³/mol. The Balaban J connectivity index is 2.01. The van der Waals surface area contributed by atoms with Gasteiger partial charge in [0.05, 0.1) is 0 Å². The van der Waals surface area contributed by atoms with Crippen LogP contribution in [-0.2, 0) is 4.79 Å². The van der Waals surface area contributed by atoms with Crippen molar-refractivity contribution >= 4 is 5.91 Å². The molecule has 1 saturated carbocycles. The molecule has 0 bridgehead atoms. The van der Waals surface area contributed by atoms with Gasteiger partial charge in [0.2, 0.25) is 5.91 Å². The molecular weight excluding hydrogens is 258 g/mol. The minimum atomic E-state index is 0.337. The quantitative estimate of drug-likeness (QED) is 0.677. The van der Waals surface area contributed by atoms with Crippen molar-refractivity contribution in [1.82, 2.24) is 4.90 Å². The molecule has 0 saturated heterocycles. The zero-order valence-corrected chi connectivity index (χ0v) is 13.7. The van der Waals surface area contributed by atoms with Crippen molar-refractivity contribution in [3.8, 4) is 0 Å². The normalized spacial score (nSPS) is 32.5. The van der Waals surface area contributed by atoms with E-state index in [2.05, 4.69) is 17.9 Å². The van der Waals surface area contributed by atoms with Crippen LogP contribution in [0.2, 0.25) is 0 Å². The third-order valence-corrected chi connectivity index (χ3v) is 5.69. The number of nitrogens with zero attached hydrogens (tertiary/aromatic N) is 1. The van der Waals surface area contributed by atoms with E-state index in [1.165, 1.54) is 61.8 Å². The molecule has 0 aromatic carbocycles. The van der Waals surface area contributed by atoms with E-state index >= 15 is 0 Å². The molecule has 1 heterocycles. The van der Waals surface area contributed by atoms with Gasteiger partial charge in [0.25, 0.3) is 0 Å². The number of hydrogen-bond donors (Lipinski definition) is 0. The highest BCUT2D eigenvalue weighted by Crippen LogP contribution is 2.40. The first kappa shape index (κ1) is 14.9. The Morgan fingerprint density at radius 1 is 1.19 bits per heavy atom. The molecule has 0 N–H and O–H groups in total. The molecule has 21 heavy (non-hydrogen) atoms. The summed E-state index contributed by atoms with van der Waals surface area (Å²) in [5.41, 5.74) is 4.33. The van der Waals surface area contributed by atoms with Crippen molar-refractivity contribution < 1.29 is 4.79 Å². The largest absolute Gasteiger partial charge is 0.316 e. The average molecular weight is 287 g/mol. The minimum Gasteiger partial charge on any atom is -0.316 e. The molecule has 116 valence electrons. The molecule has 2 aliphatic carbocycles. The number of carbonyl (C=O) groups excluding carboxylic acids is 1. The highest BCUT2D eigenvalue weighted by Gasteiger charge is 2.32. The Morgan fingerprint density at radius 2 is 1.95 bits per heavy atom. The van der Waals surface area contributed by atoms with E-state index in [-0.39, 0.29) is 0 Å². The summed E-state index contributed by atoms with van der Waals surface area (Å²) in [6.07, 6.45) is 13.3. The van der Waals surface area contributed by atoms with Gasteiger partial charge in [-0.15, -0.1) is 0 Å². The Hall–Kier alpha value is -1.05. The monoisotopic (exact) mass is 287 g/mol. The van der Waals surface area contributed by atoms with Crippen molar-refractivity contribution in [3.63, 3.8) is 0 Å². The maximum absolute atomic E-state index is 12.5. The molecule has 0 spiro atoms. The Morgan fingerprint density at radius 3 is 2.76 bits per heavy atom. The van der Waals surface area contributed by atoms with E-state index in [1.54, 1.807) is 0 Å². The molecule has 1 amide bonds. The zero-order valence-electron chi connectivity index (χ0n) is 13.7. The molecule has 2 unspecified atom stereocenters. The van der Waals surface area contributed by atoms with Crippen molar-refractivity contribution in [2.75, 3.05) is 6.54 Å². The van der Waals surface area contributed by atoms with Gasteiger partial charge in [-0.3, -0.25) is 4.79 Å². The lowest BCUT2D eigenvalue weighted by Gasteiger charge is -2.40. The van der Waals surface area contributed by atoms with E-state index in [9.17, 15) is 4.79 Å². The van der Waals surface area contributed by atoms with Gasteiger partial charge in [-0.1, -0.05) is 25.8 Å². The van der Waals surface area contributed by atoms with Crippen molar-refractivity contribution in [3.05, 3.63) is 22.9 Å². The van der Waals surface area contributed by atoms with Crippen LogP contribution in [0.15, 0.2) is 22.9 Å². The van der Waals surface area contributed by atoms with Gasteiger partial charge in [0, 0.05) is 18.7 Å². The van der Waals surface area contributed by atoms with Crippen LogP contribution >= 0.6 is 0 Å². The summed E-state index contributed by atoms with van der Waals surface area (Å²) in [5.74, 6) is 1.71. The summed E-state index contributed by atoms with van der Waals surface area (Å²) in [4.78, 5) is 14.7. The Kier molecular flexibility index (Phi) is 4.51. The second kappa shape index (κ2) is 6.37. The van der Waals surface area contributed by atoms with Gasteiger partial charge < -0.3 is 4.90 Å². The first-order chi connectivity index (χ1) is 10.2. The number of hydrogen-bond acceptors (Lipinski definition) is 1. The lowest BCUT2D eigenvalue weighted by atomic mass is 9.75. The van der Waals surface area contributed by atoms with Crippen LogP contribution in [0.4, 0.5) is 0 Å². The Labute approximate surface area is 129 Å². The van der Waals surface area contributed by atoms with E-state index in [0.29, 0.717) is 24.2 Å². The molecule has 3 aliphatic rings. The first-order valence-electron chi connectivity index (χ1n) is 8.92. The minimum absolute atomic E-state index is 0.337. The van der Waals surface area contributed by atoms with E-state index < -0.39 is 0 Å². The van der Waals surface area contributed by atoms with Crippen LogP contribution in [0.1, 0.15) is 71.6 Å². The van der Waals surface area contributed by atoms with Gasteiger partial charge in [-0.05, 0) is 68.4 Å². The number of allylic oxidation sites excluding steroid dienone is 4. The van der Waals surface area contributed by atoms with Crippen LogP contribution < -0.4 is 0 Å². The van der Waals surface area contributed by atoms with E-state index in [1.807, 2.05) is 6.92 Å². The Bertz CT molecular complexity index is 474. The molecule has 3 rings (SSSR count). The molecule has 0 aromatic heterocycles. The molecule has 2 heteroatoms. The number of amides is 1. The van der Waals surface area contributed by atoms with Gasteiger partial charge >= 0.3 is 0 Å². The molecule has 0 aromatic rings. The summed E-state index contributed by atoms with van der Waals surface area (Å²) in [6, 6.07) is 0. The summed E-state index contributed by atoms with van der Waals surface area (Å²) in [6.45, 7) is 5.26. The smallest absolute Gasteiger partial charge is 0.226 e. The van der Waals surface area contributed by atoms with E-state index in [4.69, 9.17) is 0 Å². The lowest BCUT2D eigenvalue weighted by Crippen LogP contribution is -2.39. The summed E-state index contributed by atoms with van der Waals surface area (Å²) < 4.78 is 0. The second-order valence-corrected chi connectivity index (χ2v) is 7.05. The fourth-order valence-corrected chi connectivity index (χ4v) is 4.50. The highest BCUT2D eigenvalue weighted by molar-refractivity contribution is 5.78. The van der Waals surface area contributed by atoms with Crippen molar-refractivity contribution in [2.24, 2.45) is 11.8 Å². The highest BCUT2D eigenvalue weighted by atomic mass is 16.2. The van der Waals surface area contributed by atoms with Gasteiger partial charge in [0.15, 0.2) is 0 Å².